The highest BCUT2D eigenvalue weighted by Crippen LogP contribution is 2.45. The Kier molecular flexibility index (Phi) is 4.82. The van der Waals surface area contributed by atoms with Crippen molar-refractivity contribution in [3.63, 3.8) is 0 Å². The van der Waals surface area contributed by atoms with Crippen LogP contribution in [-0.4, -0.2) is 28.8 Å². The number of rotatable bonds is 4. The van der Waals surface area contributed by atoms with Crippen LogP contribution in [0, 0.1) is 0 Å². The van der Waals surface area contributed by atoms with Crippen LogP contribution in [0.4, 0.5) is 0 Å². The first kappa shape index (κ1) is 16.2. The van der Waals surface area contributed by atoms with E-state index in [0.29, 0.717) is 18.0 Å². The number of ether oxygens (including phenoxy) is 1. The molecular weight excluding hydrogens is 378 g/mol. The highest BCUT2D eigenvalue weighted by Gasteiger charge is 2.34. The number of carbonyl (C=O) groups is 1. The van der Waals surface area contributed by atoms with Gasteiger partial charge in [0, 0.05) is 16.6 Å². The van der Waals surface area contributed by atoms with E-state index in [4.69, 9.17) is 4.74 Å². The lowest BCUT2D eigenvalue weighted by atomic mass is 10.1. The maximum absolute atomic E-state index is 12.3. The highest BCUT2D eigenvalue weighted by atomic mass is 79.9. The summed E-state index contributed by atoms with van der Waals surface area (Å²) in [5.74, 6) is 1.05. The number of phenols is 1. The van der Waals surface area contributed by atoms with E-state index >= 15 is 0 Å². The van der Waals surface area contributed by atoms with Crippen LogP contribution in [0.3, 0.4) is 0 Å². The molecule has 2 aromatic carbocycles. The van der Waals surface area contributed by atoms with E-state index in [1.165, 1.54) is 7.11 Å². The molecule has 0 spiro atoms. The molecule has 1 saturated heterocycles. The number of halogens is 1. The zero-order valence-corrected chi connectivity index (χ0v) is 14.9. The Morgan fingerprint density at radius 3 is 2.78 bits per heavy atom. The number of hydrogen-bond donors (Lipinski definition) is 1. The molecule has 23 heavy (non-hydrogen) atoms. The predicted octanol–water partition coefficient (Wildman–Crippen LogP) is 3.94. The van der Waals surface area contributed by atoms with Crippen LogP contribution < -0.4 is 4.74 Å². The molecule has 6 heteroatoms. The van der Waals surface area contributed by atoms with Gasteiger partial charge in [0.15, 0.2) is 11.5 Å². The van der Waals surface area contributed by atoms with Crippen molar-refractivity contribution in [3.8, 4) is 11.5 Å². The molecule has 3 rings (SSSR count). The maximum Gasteiger partial charge on any atom is 0.234 e. The third-order valence-corrected chi connectivity index (χ3v) is 5.65. The van der Waals surface area contributed by atoms with Gasteiger partial charge >= 0.3 is 0 Å². The summed E-state index contributed by atoms with van der Waals surface area (Å²) < 4.78 is 5.96. The molecule has 1 heterocycles. The monoisotopic (exact) mass is 393 g/mol. The van der Waals surface area contributed by atoms with Gasteiger partial charge in [0.05, 0.1) is 12.9 Å². The number of hydrogen-bond acceptors (Lipinski definition) is 4. The largest absolute Gasteiger partial charge is 0.504 e. The van der Waals surface area contributed by atoms with Gasteiger partial charge < -0.3 is 14.7 Å². The number of thioether (sulfide) groups is 1. The SMILES string of the molecule is COc1cc([C@H]2SCC(=O)N2Cc2ccccc2)c(Br)cc1O. The zero-order valence-electron chi connectivity index (χ0n) is 12.5. The fourth-order valence-corrected chi connectivity index (χ4v) is 4.49. The smallest absolute Gasteiger partial charge is 0.234 e. The van der Waals surface area contributed by atoms with Crippen molar-refractivity contribution in [1.82, 2.24) is 4.90 Å². The Balaban J connectivity index is 1.93. The number of carbonyl (C=O) groups excluding carboxylic acids is 1. The molecule has 0 saturated carbocycles. The molecule has 0 unspecified atom stereocenters. The van der Waals surface area contributed by atoms with Crippen molar-refractivity contribution in [2.45, 2.75) is 11.9 Å². The molecule has 1 aliphatic heterocycles. The molecule has 0 aromatic heterocycles. The van der Waals surface area contributed by atoms with Gasteiger partial charge in [-0.1, -0.05) is 46.3 Å². The van der Waals surface area contributed by atoms with Gasteiger partial charge in [0.2, 0.25) is 5.91 Å². The standard InChI is InChI=1S/C17H16BrNO3S/c1-22-15-7-12(13(18)8-14(15)20)17-19(16(21)10-23-17)9-11-5-3-2-4-6-11/h2-8,17,20H,9-10H2,1H3/t17-/m1/s1. The summed E-state index contributed by atoms with van der Waals surface area (Å²) in [6, 6.07) is 13.3. The Hall–Kier alpha value is -1.66. The van der Waals surface area contributed by atoms with Crippen molar-refractivity contribution in [3.05, 3.63) is 58.1 Å². The molecule has 1 amide bonds. The van der Waals surface area contributed by atoms with Crippen molar-refractivity contribution in [2.24, 2.45) is 0 Å². The fraction of sp³-hybridized carbons (Fsp3) is 0.235. The molecule has 1 fully saturated rings. The molecule has 0 radical (unpaired) electrons. The first-order valence-corrected chi connectivity index (χ1v) is 8.95. The lowest BCUT2D eigenvalue weighted by Crippen LogP contribution is -2.27. The molecule has 1 atom stereocenters. The molecule has 2 aromatic rings. The zero-order chi connectivity index (χ0) is 16.4. The number of aromatic hydroxyl groups is 1. The van der Waals surface area contributed by atoms with Crippen molar-refractivity contribution in [1.29, 1.82) is 0 Å². The van der Waals surface area contributed by atoms with Gasteiger partial charge in [0.1, 0.15) is 5.37 Å². The van der Waals surface area contributed by atoms with Gasteiger partial charge in [-0.05, 0) is 17.7 Å². The number of methoxy groups -OCH3 is 1. The van der Waals surface area contributed by atoms with Gasteiger partial charge in [-0.3, -0.25) is 4.79 Å². The van der Waals surface area contributed by atoms with Crippen LogP contribution in [0.5, 0.6) is 11.5 Å². The van der Waals surface area contributed by atoms with Crippen molar-refractivity contribution < 1.29 is 14.6 Å². The molecule has 120 valence electrons. The fourth-order valence-electron chi connectivity index (χ4n) is 2.57. The van der Waals surface area contributed by atoms with Gasteiger partial charge in [0.25, 0.3) is 0 Å². The van der Waals surface area contributed by atoms with Crippen LogP contribution in [0.15, 0.2) is 46.9 Å². The first-order chi connectivity index (χ1) is 11.1. The van der Waals surface area contributed by atoms with E-state index in [1.54, 1.807) is 23.9 Å². The van der Waals surface area contributed by atoms with E-state index in [0.717, 1.165) is 15.6 Å². The third-order valence-electron chi connectivity index (χ3n) is 3.73. The van der Waals surface area contributed by atoms with Crippen LogP contribution >= 0.6 is 27.7 Å². The molecule has 4 nitrogen and oxygen atoms in total. The lowest BCUT2D eigenvalue weighted by Gasteiger charge is -2.25. The number of amides is 1. The summed E-state index contributed by atoms with van der Waals surface area (Å²) in [6.07, 6.45) is 0. The van der Waals surface area contributed by atoms with Gasteiger partial charge in [-0.2, -0.15) is 0 Å². The molecular formula is C17H16BrNO3S. The molecule has 1 N–H and O–H groups in total. The molecule has 1 aliphatic rings. The van der Waals surface area contributed by atoms with Crippen LogP contribution in [-0.2, 0) is 11.3 Å². The maximum atomic E-state index is 12.3. The summed E-state index contributed by atoms with van der Waals surface area (Å²) in [4.78, 5) is 14.2. The minimum absolute atomic E-state index is 0.0760. The van der Waals surface area contributed by atoms with E-state index in [2.05, 4.69) is 15.9 Å². The summed E-state index contributed by atoms with van der Waals surface area (Å²) in [6.45, 7) is 0.562. The average Bonchev–Trinajstić information content (AvgIpc) is 2.90. The van der Waals surface area contributed by atoms with Crippen LogP contribution in [0.2, 0.25) is 0 Å². The predicted molar refractivity (Wildman–Crippen MR) is 94.5 cm³/mol. The second-order valence-corrected chi connectivity index (χ2v) is 7.14. The Morgan fingerprint density at radius 2 is 2.09 bits per heavy atom. The number of nitrogens with zero attached hydrogens (tertiary/aromatic N) is 1. The second kappa shape index (κ2) is 6.84. The van der Waals surface area contributed by atoms with E-state index in [1.807, 2.05) is 35.2 Å². The summed E-state index contributed by atoms with van der Waals surface area (Å²) in [5.41, 5.74) is 2.02. The summed E-state index contributed by atoms with van der Waals surface area (Å²) >= 11 is 5.07. The quantitative estimate of drug-likeness (QED) is 0.854. The minimum Gasteiger partial charge on any atom is -0.504 e. The number of phenolic OH excluding ortho intramolecular Hbond substituents is 1. The molecule has 0 aliphatic carbocycles. The van der Waals surface area contributed by atoms with Crippen LogP contribution in [0.1, 0.15) is 16.5 Å². The van der Waals surface area contributed by atoms with Gasteiger partial charge in [-0.25, -0.2) is 0 Å². The molecule has 0 bridgehead atoms. The summed E-state index contributed by atoms with van der Waals surface area (Å²) in [7, 11) is 1.52. The number of benzene rings is 2. The second-order valence-electron chi connectivity index (χ2n) is 5.22. The van der Waals surface area contributed by atoms with Gasteiger partial charge in [-0.15, -0.1) is 11.8 Å². The Bertz CT molecular complexity index is 723. The van der Waals surface area contributed by atoms with E-state index in [-0.39, 0.29) is 17.0 Å². The van der Waals surface area contributed by atoms with Crippen LogP contribution in [0.25, 0.3) is 0 Å². The Morgan fingerprint density at radius 1 is 1.35 bits per heavy atom. The van der Waals surface area contributed by atoms with Crippen molar-refractivity contribution >= 4 is 33.6 Å². The first-order valence-electron chi connectivity index (χ1n) is 7.11. The topological polar surface area (TPSA) is 49.8 Å². The Labute approximate surface area is 147 Å². The van der Waals surface area contributed by atoms with E-state index < -0.39 is 0 Å². The normalized spacial score (nSPS) is 17.6. The van der Waals surface area contributed by atoms with Crippen molar-refractivity contribution in [2.75, 3.05) is 12.9 Å². The lowest BCUT2D eigenvalue weighted by molar-refractivity contribution is -0.128. The minimum atomic E-state index is -0.105. The van der Waals surface area contributed by atoms with E-state index in [9.17, 15) is 9.90 Å². The summed E-state index contributed by atoms with van der Waals surface area (Å²) in [5, 5.41) is 9.76. The highest BCUT2D eigenvalue weighted by molar-refractivity contribution is 9.10. The third kappa shape index (κ3) is 3.33. The average molecular weight is 394 g/mol.